The van der Waals surface area contributed by atoms with Crippen LogP contribution in [0.4, 0.5) is 0 Å². The predicted molar refractivity (Wildman–Crippen MR) is 40.9 cm³/mol. The van der Waals surface area contributed by atoms with E-state index in [-0.39, 0.29) is 58.0 Å². The van der Waals surface area contributed by atoms with Crippen molar-refractivity contribution < 1.29 is 56.5 Å². The van der Waals surface area contributed by atoms with Gasteiger partial charge >= 0.3 is 51.4 Å². The molecule has 0 bridgehead atoms. The molecule has 1 aromatic carbocycles. The van der Waals surface area contributed by atoms with Crippen molar-refractivity contribution in [3.63, 3.8) is 0 Å². The van der Waals surface area contributed by atoms with Crippen LogP contribution in [-0.2, 0) is 6.61 Å². The molecule has 1 N–H and O–H groups in total. The number of halogens is 1. The molecule has 0 radical (unpaired) electrons. The number of aryl methyl sites for hydroxylation is 1. The van der Waals surface area contributed by atoms with E-state index in [4.69, 9.17) is 16.7 Å². The molecular formula is C8H8ClKO. The molecule has 0 aliphatic carbocycles. The summed E-state index contributed by atoms with van der Waals surface area (Å²) in [6.07, 6.45) is 0. The van der Waals surface area contributed by atoms with Crippen LogP contribution in [-0.4, -0.2) is 5.11 Å². The average molecular weight is 195 g/mol. The van der Waals surface area contributed by atoms with Crippen molar-refractivity contribution >= 4 is 11.6 Å². The van der Waals surface area contributed by atoms with Crippen LogP contribution in [0.5, 0.6) is 0 Å². The van der Waals surface area contributed by atoms with Crippen LogP contribution in [0.3, 0.4) is 0 Å². The van der Waals surface area contributed by atoms with Crippen LogP contribution in [0.25, 0.3) is 0 Å². The van der Waals surface area contributed by atoms with Gasteiger partial charge in [-0.05, 0) is 0 Å². The molecule has 54 valence electrons. The van der Waals surface area contributed by atoms with E-state index in [1.807, 2.05) is 6.92 Å². The van der Waals surface area contributed by atoms with E-state index >= 15 is 0 Å². The van der Waals surface area contributed by atoms with Crippen molar-refractivity contribution in [2.24, 2.45) is 0 Å². The van der Waals surface area contributed by atoms with Gasteiger partial charge in [0.15, 0.2) is 0 Å². The standard InChI is InChI=1S/C8H8ClO.K/c1-6-2-3-8(9)4-7(6)5-10;/h3-4,10H,5H2,1H3;/q-1;+1. The SMILES string of the molecule is Cc1[c-]cc(Cl)cc1CO.[K+]. The summed E-state index contributed by atoms with van der Waals surface area (Å²) in [7, 11) is 0. The summed E-state index contributed by atoms with van der Waals surface area (Å²) in [5.74, 6) is 0. The van der Waals surface area contributed by atoms with Crippen molar-refractivity contribution in [3.05, 3.63) is 34.3 Å². The number of hydrogen-bond acceptors (Lipinski definition) is 1. The van der Waals surface area contributed by atoms with Gasteiger partial charge in [0.2, 0.25) is 0 Å². The summed E-state index contributed by atoms with van der Waals surface area (Å²) in [6, 6.07) is 6.36. The van der Waals surface area contributed by atoms with Gasteiger partial charge in [-0.3, -0.25) is 0 Å². The Morgan fingerprint density at radius 2 is 2.27 bits per heavy atom. The number of benzene rings is 1. The van der Waals surface area contributed by atoms with E-state index in [1.54, 1.807) is 12.1 Å². The summed E-state index contributed by atoms with van der Waals surface area (Å²) in [5, 5.41) is 9.38. The molecule has 0 unspecified atom stereocenters. The molecule has 0 atom stereocenters. The summed E-state index contributed by atoms with van der Waals surface area (Å²) >= 11 is 5.65. The van der Waals surface area contributed by atoms with Crippen molar-refractivity contribution in [1.29, 1.82) is 0 Å². The van der Waals surface area contributed by atoms with Gasteiger partial charge in [-0.2, -0.15) is 29.3 Å². The monoisotopic (exact) mass is 194 g/mol. The fourth-order valence-electron chi connectivity index (χ4n) is 0.750. The summed E-state index contributed by atoms with van der Waals surface area (Å²) in [5.41, 5.74) is 1.79. The summed E-state index contributed by atoms with van der Waals surface area (Å²) in [6.45, 7) is 1.92. The molecule has 0 heterocycles. The Morgan fingerprint density at radius 3 is 2.73 bits per heavy atom. The minimum atomic E-state index is 0. The van der Waals surface area contributed by atoms with Crippen molar-refractivity contribution in [3.8, 4) is 0 Å². The largest absolute Gasteiger partial charge is 1.00 e. The van der Waals surface area contributed by atoms with Crippen molar-refractivity contribution in [2.75, 3.05) is 0 Å². The van der Waals surface area contributed by atoms with Gasteiger partial charge < -0.3 is 5.11 Å². The Kier molecular flexibility index (Phi) is 6.27. The second-order valence-corrected chi connectivity index (χ2v) is 2.56. The maximum atomic E-state index is 8.76. The molecule has 11 heavy (non-hydrogen) atoms. The van der Waals surface area contributed by atoms with Crippen LogP contribution >= 0.6 is 11.6 Å². The van der Waals surface area contributed by atoms with E-state index < -0.39 is 0 Å². The summed E-state index contributed by atoms with van der Waals surface area (Å²) < 4.78 is 0. The molecule has 1 aromatic rings. The van der Waals surface area contributed by atoms with Crippen LogP contribution in [0, 0.1) is 13.0 Å². The number of aliphatic hydroxyl groups is 1. The first-order chi connectivity index (χ1) is 4.74. The van der Waals surface area contributed by atoms with Crippen molar-refractivity contribution in [2.45, 2.75) is 13.5 Å². The molecule has 3 heteroatoms. The van der Waals surface area contributed by atoms with E-state index in [9.17, 15) is 0 Å². The number of hydrogen-bond donors (Lipinski definition) is 1. The second kappa shape index (κ2) is 5.70. The molecule has 0 fully saturated rings. The number of aliphatic hydroxyl groups excluding tert-OH is 1. The van der Waals surface area contributed by atoms with Gasteiger partial charge in [-0.25, -0.2) is 0 Å². The van der Waals surface area contributed by atoms with E-state index in [1.165, 1.54) is 0 Å². The molecule has 0 amide bonds. The van der Waals surface area contributed by atoms with Gasteiger partial charge in [0.1, 0.15) is 0 Å². The fourth-order valence-corrected chi connectivity index (χ4v) is 0.937. The molecule has 1 nitrogen and oxygen atoms in total. The third-order valence-electron chi connectivity index (χ3n) is 1.39. The van der Waals surface area contributed by atoms with Crippen LogP contribution in [0.2, 0.25) is 5.02 Å². The summed E-state index contributed by atoms with van der Waals surface area (Å²) in [4.78, 5) is 0. The van der Waals surface area contributed by atoms with E-state index in [2.05, 4.69) is 6.07 Å². The third kappa shape index (κ3) is 3.55. The quantitative estimate of drug-likeness (QED) is 0.447. The fraction of sp³-hybridized carbons (Fsp3) is 0.250. The second-order valence-electron chi connectivity index (χ2n) is 2.13. The zero-order chi connectivity index (χ0) is 7.56. The van der Waals surface area contributed by atoms with Gasteiger partial charge in [-0.15, -0.1) is 11.6 Å². The average Bonchev–Trinajstić information content (AvgIpc) is 1.94. The van der Waals surface area contributed by atoms with Crippen molar-refractivity contribution in [1.82, 2.24) is 0 Å². The van der Waals surface area contributed by atoms with Crippen LogP contribution < -0.4 is 51.4 Å². The van der Waals surface area contributed by atoms with E-state index in [0.717, 1.165) is 11.1 Å². The van der Waals surface area contributed by atoms with Gasteiger partial charge in [0.25, 0.3) is 0 Å². The number of rotatable bonds is 1. The Labute approximate surface area is 114 Å². The molecule has 0 saturated carbocycles. The zero-order valence-electron chi connectivity index (χ0n) is 6.69. The maximum absolute atomic E-state index is 8.76. The van der Waals surface area contributed by atoms with Crippen LogP contribution in [0.15, 0.2) is 12.1 Å². The minimum Gasteiger partial charge on any atom is -0.404 e. The van der Waals surface area contributed by atoms with Gasteiger partial charge in [0.05, 0.1) is 0 Å². The molecule has 1 rings (SSSR count). The Morgan fingerprint density at radius 1 is 1.64 bits per heavy atom. The van der Waals surface area contributed by atoms with E-state index in [0.29, 0.717) is 5.02 Å². The molecule has 0 spiro atoms. The first-order valence-corrected chi connectivity index (χ1v) is 3.39. The third-order valence-corrected chi connectivity index (χ3v) is 1.61. The molecule has 0 aliphatic rings. The first kappa shape index (κ1) is 12.1. The Bertz CT molecular complexity index is 238. The predicted octanol–water partition coefficient (Wildman–Crippen LogP) is -1.06. The molecule has 0 aromatic heterocycles. The Balaban J connectivity index is 0.000001000. The zero-order valence-corrected chi connectivity index (χ0v) is 10.6. The Hall–Kier alpha value is 1.11. The van der Waals surface area contributed by atoms with Gasteiger partial charge in [-0.1, -0.05) is 11.9 Å². The smallest absolute Gasteiger partial charge is 0.404 e. The minimum absolute atomic E-state index is 0. The van der Waals surface area contributed by atoms with Gasteiger partial charge in [0, 0.05) is 6.61 Å². The molecule has 0 saturated heterocycles. The first-order valence-electron chi connectivity index (χ1n) is 3.01. The topological polar surface area (TPSA) is 20.2 Å². The maximum Gasteiger partial charge on any atom is 1.00 e. The van der Waals surface area contributed by atoms with Crippen LogP contribution in [0.1, 0.15) is 11.1 Å². The molecular weight excluding hydrogens is 187 g/mol. The normalized spacial score (nSPS) is 9.00. The molecule has 0 aliphatic heterocycles.